The topological polar surface area (TPSA) is 67.4 Å². The maximum atomic E-state index is 4.80. The fourth-order valence-electron chi connectivity index (χ4n) is 3.43. The van der Waals surface area contributed by atoms with Crippen molar-refractivity contribution in [3.8, 4) is 0 Å². The summed E-state index contributed by atoms with van der Waals surface area (Å²) in [5, 5.41) is 13.4. The molecule has 4 rings (SSSR count). The zero-order chi connectivity index (χ0) is 19.2. The minimum absolute atomic E-state index is 0.0896. The van der Waals surface area contributed by atoms with E-state index in [0.29, 0.717) is 6.04 Å². The molecule has 1 fully saturated rings. The number of fused-ring (bicyclic) bond motifs is 1. The van der Waals surface area contributed by atoms with Crippen LogP contribution < -0.4 is 4.90 Å². The number of likely N-dealkylation sites (N-methyl/N-ethyl adjacent to an activating group) is 1. The lowest BCUT2D eigenvalue weighted by Crippen LogP contribution is -2.59. The van der Waals surface area contributed by atoms with Gasteiger partial charge in [0.05, 0.1) is 0 Å². The van der Waals surface area contributed by atoms with Crippen molar-refractivity contribution < 1.29 is 0 Å². The van der Waals surface area contributed by atoms with Gasteiger partial charge in [-0.15, -0.1) is 15.3 Å². The highest BCUT2D eigenvalue weighted by Gasteiger charge is 2.31. The summed E-state index contributed by atoms with van der Waals surface area (Å²) >= 11 is 0. The van der Waals surface area contributed by atoms with Gasteiger partial charge in [0.1, 0.15) is 11.6 Å². The highest BCUT2D eigenvalue weighted by atomic mass is 15.4. The van der Waals surface area contributed by atoms with Crippen LogP contribution in [0.25, 0.3) is 5.65 Å². The van der Waals surface area contributed by atoms with Crippen molar-refractivity contribution in [2.24, 2.45) is 7.05 Å². The third-order valence-electron chi connectivity index (χ3n) is 5.34. The molecular weight excluding hydrogens is 340 g/mol. The molecule has 8 nitrogen and oxygen atoms in total. The van der Waals surface area contributed by atoms with Crippen LogP contribution >= 0.6 is 0 Å². The maximum absolute atomic E-state index is 4.80. The summed E-state index contributed by atoms with van der Waals surface area (Å²) in [6.45, 7) is 9.39. The number of anilines is 1. The molecule has 0 spiro atoms. The number of hydrogen-bond acceptors (Lipinski definition) is 6. The van der Waals surface area contributed by atoms with Crippen LogP contribution in [0.5, 0.6) is 0 Å². The molecule has 8 heteroatoms. The van der Waals surface area contributed by atoms with Gasteiger partial charge in [-0.05, 0) is 19.2 Å². The fourth-order valence-corrected chi connectivity index (χ4v) is 3.43. The molecule has 1 aliphatic rings. The summed E-state index contributed by atoms with van der Waals surface area (Å²) in [5.74, 6) is 3.01. The Morgan fingerprint density at radius 2 is 1.96 bits per heavy atom. The zero-order valence-corrected chi connectivity index (χ0v) is 16.8. The molecule has 1 saturated heterocycles. The Labute approximate surface area is 159 Å². The molecule has 3 aromatic rings. The molecule has 0 saturated carbocycles. The first-order chi connectivity index (χ1) is 12.8. The van der Waals surface area contributed by atoms with Gasteiger partial charge in [0.15, 0.2) is 11.5 Å². The van der Waals surface area contributed by atoms with Crippen molar-refractivity contribution in [1.29, 1.82) is 0 Å². The number of nitrogens with zero attached hydrogens (tertiary/aromatic N) is 8. The third-order valence-corrected chi connectivity index (χ3v) is 5.34. The Kier molecular flexibility index (Phi) is 4.38. The molecule has 0 aromatic carbocycles. The summed E-state index contributed by atoms with van der Waals surface area (Å²) in [4.78, 5) is 9.14. The lowest BCUT2D eigenvalue weighted by Gasteiger charge is -2.44. The summed E-state index contributed by atoms with van der Waals surface area (Å²) in [7, 11) is 4.24. The normalized spacial score (nSPS) is 15.7. The molecule has 4 heterocycles. The maximum Gasteiger partial charge on any atom is 0.178 e. The van der Waals surface area contributed by atoms with Crippen molar-refractivity contribution in [3.05, 3.63) is 36.2 Å². The Balaban J connectivity index is 1.39. The third kappa shape index (κ3) is 3.41. The van der Waals surface area contributed by atoms with Crippen LogP contribution in [0.4, 0.5) is 5.82 Å². The Morgan fingerprint density at radius 3 is 2.63 bits per heavy atom. The van der Waals surface area contributed by atoms with Gasteiger partial charge < -0.3 is 9.47 Å². The van der Waals surface area contributed by atoms with Crippen molar-refractivity contribution in [2.75, 3.05) is 31.6 Å². The predicted octanol–water partition coefficient (Wildman–Crippen LogP) is 1.52. The van der Waals surface area contributed by atoms with Crippen molar-refractivity contribution in [2.45, 2.75) is 38.6 Å². The van der Waals surface area contributed by atoms with Gasteiger partial charge in [-0.3, -0.25) is 4.90 Å². The van der Waals surface area contributed by atoms with Crippen LogP contribution in [-0.4, -0.2) is 67.0 Å². The van der Waals surface area contributed by atoms with E-state index in [-0.39, 0.29) is 5.41 Å². The van der Waals surface area contributed by atoms with Crippen molar-refractivity contribution >= 4 is 11.5 Å². The second kappa shape index (κ2) is 6.60. The molecule has 0 bridgehead atoms. The number of hydrogen-bond donors (Lipinski definition) is 0. The fraction of sp³-hybridized carbons (Fsp3) is 0.579. The monoisotopic (exact) mass is 368 g/mol. The molecule has 27 heavy (non-hydrogen) atoms. The second-order valence-corrected chi connectivity index (χ2v) is 8.48. The van der Waals surface area contributed by atoms with Gasteiger partial charge in [0.25, 0.3) is 0 Å². The number of rotatable bonds is 5. The van der Waals surface area contributed by atoms with E-state index in [4.69, 9.17) is 5.10 Å². The number of imidazole rings is 1. The first-order valence-electron chi connectivity index (χ1n) is 9.47. The smallest absolute Gasteiger partial charge is 0.178 e. The van der Waals surface area contributed by atoms with E-state index >= 15 is 0 Å². The van der Waals surface area contributed by atoms with Crippen LogP contribution in [0.3, 0.4) is 0 Å². The molecule has 144 valence electrons. The van der Waals surface area contributed by atoms with Gasteiger partial charge in [-0.2, -0.15) is 4.52 Å². The van der Waals surface area contributed by atoms with E-state index in [1.807, 2.05) is 36.1 Å². The summed E-state index contributed by atoms with van der Waals surface area (Å²) in [5.41, 5.74) is 0.709. The minimum atomic E-state index is -0.0896. The highest BCUT2D eigenvalue weighted by molar-refractivity contribution is 5.48. The standard InChI is InChI=1S/C19H28N8/c1-19(2,3)18-22-21-16-6-7-17(23-27(16)18)26-12-14(13-26)24(4)10-8-15-20-9-11-25(15)5/h6-7,9,11,14H,8,10,12-13H2,1-5H3. The van der Waals surface area contributed by atoms with Crippen LogP contribution in [0.2, 0.25) is 0 Å². The van der Waals surface area contributed by atoms with Crippen LogP contribution in [0.1, 0.15) is 32.4 Å². The minimum Gasteiger partial charge on any atom is -0.352 e. The molecule has 0 unspecified atom stereocenters. The molecule has 1 aliphatic heterocycles. The van der Waals surface area contributed by atoms with Gasteiger partial charge in [0, 0.05) is 57.0 Å². The lowest BCUT2D eigenvalue weighted by molar-refractivity contribution is 0.205. The summed E-state index contributed by atoms with van der Waals surface area (Å²) in [6, 6.07) is 4.59. The largest absolute Gasteiger partial charge is 0.352 e. The average molecular weight is 368 g/mol. The van der Waals surface area contributed by atoms with Gasteiger partial charge >= 0.3 is 0 Å². The van der Waals surface area contributed by atoms with E-state index in [2.05, 4.69) is 57.4 Å². The SMILES string of the molecule is CN(CCc1nccn1C)C1CN(c2ccc3nnc(C(C)(C)C)n3n2)C1. The molecule has 0 radical (unpaired) electrons. The molecule has 0 atom stereocenters. The van der Waals surface area contributed by atoms with Gasteiger partial charge in [-0.25, -0.2) is 4.98 Å². The molecule has 0 amide bonds. The van der Waals surface area contributed by atoms with E-state index in [1.54, 1.807) is 0 Å². The first-order valence-corrected chi connectivity index (χ1v) is 9.47. The van der Waals surface area contributed by atoms with E-state index < -0.39 is 0 Å². The van der Waals surface area contributed by atoms with Crippen LogP contribution in [0, 0.1) is 0 Å². The predicted molar refractivity (Wildman–Crippen MR) is 105 cm³/mol. The van der Waals surface area contributed by atoms with Crippen LogP contribution in [-0.2, 0) is 18.9 Å². The average Bonchev–Trinajstić information content (AvgIpc) is 3.16. The second-order valence-electron chi connectivity index (χ2n) is 8.48. The Hall–Kier alpha value is -2.48. The Morgan fingerprint density at radius 1 is 1.19 bits per heavy atom. The number of aromatic nitrogens is 6. The first kappa shape index (κ1) is 17.9. The molecule has 0 aliphatic carbocycles. The van der Waals surface area contributed by atoms with Crippen molar-refractivity contribution in [3.63, 3.8) is 0 Å². The summed E-state index contributed by atoms with van der Waals surface area (Å²) in [6.07, 6.45) is 4.83. The lowest BCUT2D eigenvalue weighted by atomic mass is 9.96. The molecule has 3 aromatic heterocycles. The van der Waals surface area contributed by atoms with Gasteiger partial charge in [-0.1, -0.05) is 20.8 Å². The van der Waals surface area contributed by atoms with E-state index in [1.165, 1.54) is 0 Å². The quantitative estimate of drug-likeness (QED) is 0.680. The van der Waals surface area contributed by atoms with Crippen molar-refractivity contribution in [1.82, 2.24) is 34.3 Å². The Bertz CT molecular complexity index is 929. The summed E-state index contributed by atoms with van der Waals surface area (Å²) < 4.78 is 3.97. The van der Waals surface area contributed by atoms with E-state index in [9.17, 15) is 0 Å². The molecule has 0 N–H and O–H groups in total. The highest BCUT2D eigenvalue weighted by Crippen LogP contribution is 2.24. The van der Waals surface area contributed by atoms with Crippen LogP contribution in [0.15, 0.2) is 24.5 Å². The van der Waals surface area contributed by atoms with Gasteiger partial charge in [0.2, 0.25) is 0 Å². The molecular formula is C19H28N8. The van der Waals surface area contributed by atoms with E-state index in [0.717, 1.165) is 49.2 Å². The zero-order valence-electron chi connectivity index (χ0n) is 16.8. The number of aryl methyl sites for hydroxylation is 1.